The van der Waals surface area contributed by atoms with Gasteiger partial charge in [-0.1, -0.05) is 5.16 Å². The van der Waals surface area contributed by atoms with Gasteiger partial charge in [0, 0.05) is 31.9 Å². The van der Waals surface area contributed by atoms with Crippen LogP contribution in [0.3, 0.4) is 0 Å². The topological polar surface area (TPSA) is 47.1 Å². The van der Waals surface area contributed by atoms with Crippen LogP contribution in [0.2, 0.25) is 0 Å². The predicted octanol–water partition coefficient (Wildman–Crippen LogP) is 1.63. The Kier molecular flexibility index (Phi) is 2.68. The summed E-state index contributed by atoms with van der Waals surface area (Å²) in [5, 5.41) is 8.33. The molecule has 0 aliphatic carbocycles. The highest BCUT2D eigenvalue weighted by Gasteiger charge is 2.24. The van der Waals surface area contributed by atoms with Gasteiger partial charge in [-0.05, 0) is 18.9 Å². The van der Waals surface area contributed by atoms with Crippen LogP contribution in [0, 0.1) is 6.92 Å². The van der Waals surface area contributed by atoms with Gasteiger partial charge in [-0.3, -0.25) is 9.58 Å². The summed E-state index contributed by atoms with van der Waals surface area (Å²) in [6, 6.07) is 2.42. The molecule has 0 spiro atoms. The van der Waals surface area contributed by atoms with Crippen molar-refractivity contribution in [2.45, 2.75) is 25.9 Å². The number of rotatable bonds is 3. The van der Waals surface area contributed by atoms with Crippen LogP contribution in [0.25, 0.3) is 0 Å². The molecule has 0 radical (unpaired) electrons. The molecule has 5 nitrogen and oxygen atoms in total. The van der Waals surface area contributed by atoms with E-state index in [2.05, 4.69) is 33.0 Å². The van der Waals surface area contributed by atoms with Gasteiger partial charge < -0.3 is 4.52 Å². The summed E-state index contributed by atoms with van der Waals surface area (Å²) < 4.78 is 6.93. The summed E-state index contributed by atoms with van der Waals surface area (Å²) in [5.41, 5.74) is 2.22. The minimum absolute atomic E-state index is 0.496. The number of aryl methyl sites for hydroxylation is 1. The van der Waals surface area contributed by atoms with Crippen LogP contribution in [0.5, 0.6) is 0 Å². The van der Waals surface area contributed by atoms with E-state index >= 15 is 0 Å². The van der Waals surface area contributed by atoms with Crippen molar-refractivity contribution in [3.05, 3.63) is 36.0 Å². The highest BCUT2D eigenvalue weighted by molar-refractivity contribution is 5.02. The van der Waals surface area contributed by atoms with Crippen molar-refractivity contribution >= 4 is 0 Å². The fourth-order valence-corrected chi connectivity index (χ4v) is 2.35. The van der Waals surface area contributed by atoms with Crippen molar-refractivity contribution in [3.63, 3.8) is 0 Å². The third-order valence-electron chi connectivity index (χ3n) is 3.23. The standard InChI is InChI=1S/C12H16N4O/c1-10-6-13-16(7-10)12-2-4-15(9-12)8-11-3-5-17-14-11/h3,5-7,12H,2,4,8-9H2,1H3. The lowest BCUT2D eigenvalue weighted by molar-refractivity contribution is 0.298. The highest BCUT2D eigenvalue weighted by atomic mass is 16.5. The molecule has 3 heterocycles. The number of nitrogens with zero attached hydrogens (tertiary/aromatic N) is 4. The summed E-state index contributed by atoms with van der Waals surface area (Å²) in [6.45, 7) is 5.07. The molecule has 0 N–H and O–H groups in total. The average Bonchev–Trinajstić information content (AvgIpc) is 2.99. The summed E-state index contributed by atoms with van der Waals surface area (Å²) in [7, 11) is 0. The number of hydrogen-bond acceptors (Lipinski definition) is 4. The van der Waals surface area contributed by atoms with Gasteiger partial charge in [0.15, 0.2) is 0 Å². The molecule has 0 aromatic carbocycles. The molecule has 1 aliphatic heterocycles. The van der Waals surface area contributed by atoms with Crippen LogP contribution in [-0.4, -0.2) is 32.9 Å². The van der Waals surface area contributed by atoms with Crippen molar-refractivity contribution in [2.24, 2.45) is 0 Å². The second-order valence-corrected chi connectivity index (χ2v) is 4.67. The molecule has 0 bridgehead atoms. The van der Waals surface area contributed by atoms with Crippen LogP contribution < -0.4 is 0 Å². The lowest BCUT2D eigenvalue weighted by Gasteiger charge is -2.14. The summed E-state index contributed by atoms with van der Waals surface area (Å²) in [5.74, 6) is 0. The van der Waals surface area contributed by atoms with E-state index in [1.807, 2.05) is 12.3 Å². The van der Waals surface area contributed by atoms with Crippen molar-refractivity contribution < 1.29 is 4.52 Å². The van der Waals surface area contributed by atoms with Gasteiger partial charge in [-0.2, -0.15) is 5.10 Å². The predicted molar refractivity (Wildman–Crippen MR) is 62.4 cm³/mol. The van der Waals surface area contributed by atoms with Crippen LogP contribution in [-0.2, 0) is 6.54 Å². The van der Waals surface area contributed by atoms with Gasteiger partial charge >= 0.3 is 0 Å². The third-order valence-corrected chi connectivity index (χ3v) is 3.23. The lowest BCUT2D eigenvalue weighted by atomic mass is 10.3. The largest absolute Gasteiger partial charge is 0.364 e. The minimum Gasteiger partial charge on any atom is -0.364 e. The van der Waals surface area contributed by atoms with Crippen LogP contribution in [0.1, 0.15) is 23.7 Å². The summed E-state index contributed by atoms with van der Waals surface area (Å²) in [6.07, 6.45) is 6.81. The molecule has 17 heavy (non-hydrogen) atoms. The molecular weight excluding hydrogens is 216 g/mol. The Morgan fingerprint density at radius 3 is 3.18 bits per heavy atom. The van der Waals surface area contributed by atoms with E-state index in [-0.39, 0.29) is 0 Å². The Morgan fingerprint density at radius 1 is 1.53 bits per heavy atom. The van der Waals surface area contributed by atoms with Gasteiger partial charge in [-0.25, -0.2) is 0 Å². The van der Waals surface area contributed by atoms with E-state index in [1.165, 1.54) is 5.56 Å². The Morgan fingerprint density at radius 2 is 2.47 bits per heavy atom. The van der Waals surface area contributed by atoms with E-state index < -0.39 is 0 Å². The van der Waals surface area contributed by atoms with Gasteiger partial charge in [0.2, 0.25) is 0 Å². The molecule has 3 rings (SSSR count). The maximum atomic E-state index is 4.85. The van der Waals surface area contributed by atoms with Crippen molar-refractivity contribution in [1.82, 2.24) is 19.8 Å². The van der Waals surface area contributed by atoms with Crippen molar-refractivity contribution in [2.75, 3.05) is 13.1 Å². The number of aromatic nitrogens is 3. The molecular formula is C12H16N4O. The maximum absolute atomic E-state index is 4.85. The molecule has 0 amide bonds. The monoisotopic (exact) mass is 232 g/mol. The van der Waals surface area contributed by atoms with Crippen molar-refractivity contribution in [3.8, 4) is 0 Å². The first-order valence-electron chi connectivity index (χ1n) is 5.93. The highest BCUT2D eigenvalue weighted by Crippen LogP contribution is 2.22. The number of hydrogen-bond donors (Lipinski definition) is 0. The third kappa shape index (κ3) is 2.24. The van der Waals surface area contributed by atoms with E-state index in [1.54, 1.807) is 6.26 Å². The van der Waals surface area contributed by atoms with E-state index in [4.69, 9.17) is 4.52 Å². The maximum Gasteiger partial charge on any atom is 0.124 e. The second-order valence-electron chi connectivity index (χ2n) is 4.67. The fraction of sp³-hybridized carbons (Fsp3) is 0.500. The molecule has 2 aromatic rings. The van der Waals surface area contributed by atoms with Crippen LogP contribution >= 0.6 is 0 Å². The second kappa shape index (κ2) is 4.33. The van der Waals surface area contributed by atoms with Gasteiger partial charge in [0.1, 0.15) is 6.26 Å². The fourth-order valence-electron chi connectivity index (χ4n) is 2.35. The molecule has 1 fully saturated rings. The van der Waals surface area contributed by atoms with E-state index in [0.717, 1.165) is 31.7 Å². The first-order chi connectivity index (χ1) is 8.31. The molecule has 1 aliphatic rings. The molecule has 1 unspecified atom stereocenters. The molecule has 1 atom stereocenters. The normalized spacial score (nSPS) is 21.1. The first-order valence-corrected chi connectivity index (χ1v) is 5.93. The first kappa shape index (κ1) is 10.5. The van der Waals surface area contributed by atoms with Gasteiger partial charge in [-0.15, -0.1) is 0 Å². The summed E-state index contributed by atoms with van der Waals surface area (Å²) >= 11 is 0. The Labute approximate surface area is 100 Å². The molecule has 0 saturated carbocycles. The average molecular weight is 232 g/mol. The smallest absolute Gasteiger partial charge is 0.124 e. The van der Waals surface area contributed by atoms with Gasteiger partial charge in [0.05, 0.1) is 17.9 Å². The SMILES string of the molecule is Cc1cnn(C2CCN(Cc3ccon3)C2)c1. The molecule has 2 aromatic heterocycles. The zero-order valence-corrected chi connectivity index (χ0v) is 9.91. The molecule has 5 heteroatoms. The zero-order valence-electron chi connectivity index (χ0n) is 9.91. The van der Waals surface area contributed by atoms with E-state index in [9.17, 15) is 0 Å². The van der Waals surface area contributed by atoms with Crippen LogP contribution in [0.4, 0.5) is 0 Å². The van der Waals surface area contributed by atoms with E-state index in [0.29, 0.717) is 6.04 Å². The Hall–Kier alpha value is -1.62. The zero-order chi connectivity index (χ0) is 11.7. The molecule has 1 saturated heterocycles. The van der Waals surface area contributed by atoms with Crippen molar-refractivity contribution in [1.29, 1.82) is 0 Å². The summed E-state index contributed by atoms with van der Waals surface area (Å²) in [4.78, 5) is 2.39. The van der Waals surface area contributed by atoms with Gasteiger partial charge in [0.25, 0.3) is 0 Å². The Balaban J connectivity index is 1.62. The van der Waals surface area contributed by atoms with Crippen LogP contribution in [0.15, 0.2) is 29.2 Å². The Bertz CT molecular complexity index is 476. The molecule has 90 valence electrons. The quantitative estimate of drug-likeness (QED) is 0.807. The lowest BCUT2D eigenvalue weighted by Crippen LogP contribution is -2.21. The number of likely N-dealkylation sites (tertiary alicyclic amines) is 1. The minimum atomic E-state index is 0.496.